The summed E-state index contributed by atoms with van der Waals surface area (Å²) in [6, 6.07) is 0. The first-order valence-electron chi connectivity index (χ1n) is 20.7. The topological polar surface area (TPSA) is 23.4 Å². The van der Waals surface area contributed by atoms with E-state index in [1.807, 2.05) is 0 Å². The van der Waals surface area contributed by atoms with Crippen LogP contribution in [0.1, 0.15) is 93.1 Å². The van der Waals surface area contributed by atoms with Crippen LogP contribution in [0.5, 0.6) is 0 Å². The summed E-state index contributed by atoms with van der Waals surface area (Å²) in [6.07, 6.45) is 58.2. The van der Waals surface area contributed by atoms with E-state index in [4.69, 9.17) is 9.47 Å². The number of hydrogen-bond acceptors (Lipinski definition) is 2. The van der Waals surface area contributed by atoms with Crippen molar-refractivity contribution >= 4 is 11.3 Å². The van der Waals surface area contributed by atoms with Crippen LogP contribution in [0.4, 0.5) is 0 Å². The molecule has 2 aliphatic heterocycles. The third-order valence-electron chi connectivity index (χ3n) is 14.0. The Balaban J connectivity index is 1.10. The number of rotatable bonds is 3. The lowest BCUT2D eigenvalue weighted by Crippen LogP contribution is -2.62. The zero-order chi connectivity index (χ0) is 34.2. The largest absolute Gasteiger partial charge is 0.490 e. The average molecular weight is 686 g/mol. The molecule has 11 rings (SSSR count). The molecule has 1 spiro atoms. The van der Waals surface area contributed by atoms with Crippen LogP contribution in [-0.4, -0.2) is 22.9 Å². The van der Waals surface area contributed by atoms with Crippen molar-refractivity contribution in [1.29, 1.82) is 0 Å². The molecule has 1 aromatic heterocycles. The Labute approximate surface area is 309 Å². The molecule has 52 heavy (non-hydrogen) atoms. The third-order valence-corrected chi connectivity index (χ3v) is 14.0. The van der Waals surface area contributed by atoms with E-state index in [1.54, 1.807) is 22.5 Å². The molecule has 0 aromatic carbocycles. The number of ether oxygens (including phenoxy) is 2. The smallest absolute Gasteiger partial charge is 0.119 e. The zero-order valence-corrected chi connectivity index (χ0v) is 30.4. The highest BCUT2D eigenvalue weighted by molar-refractivity contribution is 5.88. The van der Waals surface area contributed by atoms with Crippen molar-refractivity contribution in [3.63, 3.8) is 0 Å². The van der Waals surface area contributed by atoms with Crippen molar-refractivity contribution in [2.45, 2.75) is 108 Å². The van der Waals surface area contributed by atoms with Crippen molar-refractivity contribution in [2.75, 3.05) is 0 Å². The molecule has 3 nitrogen and oxygen atoms in total. The van der Waals surface area contributed by atoms with Gasteiger partial charge in [-0.2, -0.15) is 0 Å². The maximum absolute atomic E-state index is 7.25. The van der Waals surface area contributed by atoms with Crippen LogP contribution in [0.3, 0.4) is 0 Å². The van der Waals surface area contributed by atoms with Crippen molar-refractivity contribution in [2.24, 2.45) is 23.2 Å². The Kier molecular flexibility index (Phi) is 7.57. The molecule has 2 saturated heterocycles. The summed E-state index contributed by atoms with van der Waals surface area (Å²) in [5.41, 5.74) is 14.6. The van der Waals surface area contributed by atoms with Gasteiger partial charge in [0, 0.05) is 45.8 Å². The van der Waals surface area contributed by atoms with Gasteiger partial charge in [-0.3, -0.25) is 0 Å². The molecule has 0 N–H and O–H groups in total. The summed E-state index contributed by atoms with van der Waals surface area (Å²) in [7, 11) is 0. The fraction of sp³-hybridized carbons (Fsp3) is 0.429. The molecule has 1 aromatic rings. The molecule has 8 aliphatic carbocycles. The van der Waals surface area contributed by atoms with Crippen LogP contribution in [0.15, 0.2) is 131 Å². The minimum atomic E-state index is -0.175. The molecule has 0 radical (unpaired) electrons. The summed E-state index contributed by atoms with van der Waals surface area (Å²) < 4.78 is 17.0. The molecule has 0 amide bonds. The van der Waals surface area contributed by atoms with Gasteiger partial charge in [0.15, 0.2) is 0 Å². The Morgan fingerprint density at radius 3 is 2.23 bits per heavy atom. The second-order valence-electron chi connectivity index (χ2n) is 16.7. The Hall–Kier alpha value is -4.08. The predicted molar refractivity (Wildman–Crippen MR) is 211 cm³/mol. The quantitative estimate of drug-likeness (QED) is 0.296. The lowest BCUT2D eigenvalue weighted by atomic mass is 9.47. The van der Waals surface area contributed by atoms with Crippen molar-refractivity contribution in [3.05, 3.63) is 154 Å². The average Bonchev–Trinajstić information content (AvgIpc) is 3.56. The van der Waals surface area contributed by atoms with Crippen LogP contribution in [-0.2, 0) is 28.7 Å². The molecule has 7 atom stereocenters. The monoisotopic (exact) mass is 685 g/mol. The molecule has 7 unspecified atom stereocenters. The van der Waals surface area contributed by atoms with Gasteiger partial charge < -0.3 is 14.0 Å². The Bertz CT molecular complexity index is 2090. The van der Waals surface area contributed by atoms with Gasteiger partial charge in [-0.05, 0) is 135 Å². The standard InChI is InChI=1S/C49H51NO2/c1-3-14-32(15-4-1)33-26-28-46-40(30-33)49(38-20-8-11-24-44(38)51-45-25-12-9-21-39(45)49)41-31-34(27-29-47(41)52-46)36-19-13-23-43-48(36)37-18-7-10-22-42(37)50(43)35-16-5-2-6-17-35/h3,5,8,14-17,19-21,25-31,38,40-41,44,46-47H,1-2,4,6-7,9-13,18,22-24H2. The van der Waals surface area contributed by atoms with E-state index in [2.05, 4.69) is 108 Å². The number of allylic oxidation sites excluding steroid dienone is 18. The van der Waals surface area contributed by atoms with E-state index in [0.717, 1.165) is 70.0 Å². The predicted octanol–water partition coefficient (Wildman–Crippen LogP) is 11.1. The molecular formula is C49H51NO2. The van der Waals surface area contributed by atoms with Gasteiger partial charge >= 0.3 is 0 Å². The summed E-state index contributed by atoms with van der Waals surface area (Å²) in [4.78, 5) is 0. The van der Waals surface area contributed by atoms with Gasteiger partial charge in [-0.25, -0.2) is 0 Å². The Morgan fingerprint density at radius 2 is 1.38 bits per heavy atom. The maximum Gasteiger partial charge on any atom is 0.119 e. The normalized spacial score (nSPS) is 35.2. The van der Waals surface area contributed by atoms with E-state index in [1.165, 1.54) is 59.2 Å². The highest BCUT2D eigenvalue weighted by Gasteiger charge is 2.64. The molecule has 264 valence electrons. The number of nitrogens with zero attached hydrogens (tertiary/aromatic N) is 1. The second kappa shape index (κ2) is 12.5. The first-order valence-corrected chi connectivity index (χ1v) is 20.7. The van der Waals surface area contributed by atoms with Crippen LogP contribution in [0, 0.1) is 23.2 Å². The molecule has 3 heteroatoms. The van der Waals surface area contributed by atoms with Crippen LogP contribution in [0.25, 0.3) is 11.3 Å². The molecule has 2 fully saturated rings. The fourth-order valence-electron chi connectivity index (χ4n) is 11.9. The molecule has 0 bridgehead atoms. The lowest BCUT2D eigenvalue weighted by molar-refractivity contribution is -0.158. The highest BCUT2D eigenvalue weighted by atomic mass is 16.5. The van der Waals surface area contributed by atoms with Gasteiger partial charge in [0.1, 0.15) is 11.9 Å². The number of aromatic nitrogens is 1. The minimum Gasteiger partial charge on any atom is -0.490 e. The zero-order valence-electron chi connectivity index (χ0n) is 30.4. The van der Waals surface area contributed by atoms with Crippen molar-refractivity contribution < 1.29 is 9.47 Å². The van der Waals surface area contributed by atoms with Crippen LogP contribution >= 0.6 is 0 Å². The van der Waals surface area contributed by atoms with Crippen LogP contribution in [0.2, 0.25) is 0 Å². The summed E-state index contributed by atoms with van der Waals surface area (Å²) in [5.74, 6) is 1.83. The Morgan fingerprint density at radius 1 is 0.596 bits per heavy atom. The van der Waals surface area contributed by atoms with Gasteiger partial charge in [-0.1, -0.05) is 91.1 Å². The maximum atomic E-state index is 7.25. The molecular weight excluding hydrogens is 635 g/mol. The van der Waals surface area contributed by atoms with E-state index < -0.39 is 0 Å². The van der Waals surface area contributed by atoms with Crippen molar-refractivity contribution in [3.8, 4) is 0 Å². The lowest BCUT2D eigenvalue weighted by Gasteiger charge is -2.62. The summed E-state index contributed by atoms with van der Waals surface area (Å²) in [6.45, 7) is 0. The fourth-order valence-corrected chi connectivity index (χ4v) is 11.9. The third kappa shape index (κ3) is 4.67. The highest BCUT2D eigenvalue weighted by Crippen LogP contribution is 2.65. The van der Waals surface area contributed by atoms with Gasteiger partial charge in [0.25, 0.3) is 0 Å². The molecule has 0 saturated carbocycles. The SMILES string of the molecule is C1=CC(C2=CC3C(C=C2)OC2C=CC(C4=CCCc5c4c4c(n5C5=CCCC=C5)CCCC4)=CC2C32C3=CCCC=C3OC3CCC=CC32)=CCC1. The summed E-state index contributed by atoms with van der Waals surface area (Å²) >= 11 is 0. The van der Waals surface area contributed by atoms with Gasteiger partial charge in [0.05, 0.1) is 12.2 Å². The van der Waals surface area contributed by atoms with Crippen LogP contribution < -0.4 is 0 Å². The number of hydrogen-bond donors (Lipinski definition) is 0. The first kappa shape index (κ1) is 31.4. The van der Waals surface area contributed by atoms with E-state index in [9.17, 15) is 0 Å². The first-order chi connectivity index (χ1) is 25.8. The van der Waals surface area contributed by atoms with E-state index in [-0.39, 0.29) is 41.5 Å². The van der Waals surface area contributed by atoms with E-state index >= 15 is 0 Å². The number of fused-ring (bicyclic) bond motifs is 11. The van der Waals surface area contributed by atoms with Gasteiger partial charge in [0.2, 0.25) is 0 Å². The van der Waals surface area contributed by atoms with Crippen molar-refractivity contribution in [1.82, 2.24) is 4.57 Å². The van der Waals surface area contributed by atoms with Gasteiger partial charge in [-0.15, -0.1) is 0 Å². The molecule has 10 aliphatic rings. The molecule has 3 heterocycles. The minimum absolute atomic E-state index is 0.0104. The summed E-state index contributed by atoms with van der Waals surface area (Å²) in [5, 5.41) is 0. The second-order valence-corrected chi connectivity index (χ2v) is 16.7. The van der Waals surface area contributed by atoms with E-state index in [0.29, 0.717) is 0 Å².